The van der Waals surface area contributed by atoms with Gasteiger partial charge in [-0.15, -0.1) is 11.3 Å². The van der Waals surface area contributed by atoms with Crippen molar-refractivity contribution in [3.05, 3.63) is 65.2 Å². The molecular weight excluding hydrogens is 356 g/mol. The van der Waals surface area contributed by atoms with Gasteiger partial charge in [0.1, 0.15) is 10.7 Å². The number of aryl methyl sites for hydroxylation is 1. The first-order valence-corrected chi connectivity index (χ1v) is 10.2. The Hall–Kier alpha value is -2.51. The fourth-order valence-corrected chi connectivity index (χ4v) is 3.62. The molecule has 0 spiro atoms. The molecule has 1 aromatic heterocycles. The normalized spacial score (nSPS) is 11.3. The minimum absolute atomic E-state index is 0.209. The molecule has 128 valence electrons. The average Bonchev–Trinajstić information content (AvgIpc) is 3.05. The molecule has 3 rings (SSSR count). The minimum Gasteiger partial charge on any atom is -0.321 e. The molecule has 0 fully saturated rings. The fraction of sp³-hybridized carbons (Fsp3) is 0.111. The summed E-state index contributed by atoms with van der Waals surface area (Å²) in [6.45, 7) is 2.01. The number of thiazole rings is 1. The van der Waals surface area contributed by atoms with Gasteiger partial charge in [-0.1, -0.05) is 29.8 Å². The summed E-state index contributed by atoms with van der Waals surface area (Å²) in [7, 11) is -3.25. The molecule has 0 atom stereocenters. The van der Waals surface area contributed by atoms with E-state index in [1.165, 1.54) is 23.5 Å². The van der Waals surface area contributed by atoms with Gasteiger partial charge >= 0.3 is 0 Å². The molecule has 1 heterocycles. The van der Waals surface area contributed by atoms with E-state index in [1.807, 2.05) is 31.2 Å². The van der Waals surface area contributed by atoms with E-state index >= 15 is 0 Å². The van der Waals surface area contributed by atoms with Crippen molar-refractivity contribution in [2.45, 2.75) is 11.8 Å². The second-order valence-electron chi connectivity index (χ2n) is 5.65. The summed E-state index contributed by atoms with van der Waals surface area (Å²) in [4.78, 5) is 16.9. The van der Waals surface area contributed by atoms with E-state index in [9.17, 15) is 13.2 Å². The van der Waals surface area contributed by atoms with Gasteiger partial charge in [0.25, 0.3) is 5.91 Å². The maximum absolute atomic E-state index is 12.3. The number of carbonyl (C=O) groups excluding carboxylic acids is 1. The van der Waals surface area contributed by atoms with Crippen LogP contribution in [0.4, 0.5) is 5.69 Å². The highest BCUT2D eigenvalue weighted by Gasteiger charge is 2.13. The lowest BCUT2D eigenvalue weighted by atomic mass is 10.2. The van der Waals surface area contributed by atoms with Crippen LogP contribution in [0.1, 0.15) is 16.1 Å². The van der Waals surface area contributed by atoms with Crippen molar-refractivity contribution in [1.29, 1.82) is 0 Å². The van der Waals surface area contributed by atoms with Gasteiger partial charge in [-0.25, -0.2) is 13.4 Å². The van der Waals surface area contributed by atoms with E-state index in [0.717, 1.165) is 22.4 Å². The van der Waals surface area contributed by atoms with Gasteiger partial charge < -0.3 is 5.32 Å². The monoisotopic (exact) mass is 372 g/mol. The second-order valence-corrected chi connectivity index (χ2v) is 8.53. The van der Waals surface area contributed by atoms with Gasteiger partial charge in [0.05, 0.1) is 4.90 Å². The van der Waals surface area contributed by atoms with Crippen LogP contribution in [0.25, 0.3) is 10.6 Å². The maximum atomic E-state index is 12.3. The smallest absolute Gasteiger partial charge is 0.275 e. The lowest BCUT2D eigenvalue weighted by molar-refractivity contribution is 0.102. The zero-order valence-corrected chi connectivity index (χ0v) is 15.3. The largest absolute Gasteiger partial charge is 0.321 e. The Morgan fingerprint density at radius 1 is 1.04 bits per heavy atom. The lowest BCUT2D eigenvalue weighted by Crippen LogP contribution is -2.12. The standard InChI is InChI=1S/C18H16N2O3S2/c1-12-3-5-13(6-4-12)18-20-16(11-24-18)17(21)19-14-7-9-15(10-8-14)25(2,22)23/h3-11H,1-2H3,(H,19,21). The van der Waals surface area contributed by atoms with E-state index in [0.29, 0.717) is 11.4 Å². The second kappa shape index (κ2) is 6.78. The predicted molar refractivity (Wildman–Crippen MR) is 99.8 cm³/mol. The molecule has 0 aliphatic heterocycles. The minimum atomic E-state index is -3.25. The molecule has 0 bridgehead atoms. The van der Waals surface area contributed by atoms with Crippen LogP contribution in [0.15, 0.2) is 58.8 Å². The van der Waals surface area contributed by atoms with Crippen molar-refractivity contribution in [2.75, 3.05) is 11.6 Å². The lowest BCUT2D eigenvalue weighted by Gasteiger charge is -2.04. The molecule has 0 aliphatic rings. The molecule has 0 saturated heterocycles. The molecule has 3 aromatic rings. The van der Waals surface area contributed by atoms with Crippen LogP contribution >= 0.6 is 11.3 Å². The number of sulfone groups is 1. The maximum Gasteiger partial charge on any atom is 0.275 e. The zero-order chi connectivity index (χ0) is 18.0. The molecule has 1 N–H and O–H groups in total. The van der Waals surface area contributed by atoms with Gasteiger partial charge in [0.2, 0.25) is 0 Å². The first kappa shape index (κ1) is 17.3. The summed E-state index contributed by atoms with van der Waals surface area (Å²) in [6.07, 6.45) is 1.14. The van der Waals surface area contributed by atoms with Crippen molar-refractivity contribution in [3.63, 3.8) is 0 Å². The number of nitrogens with zero attached hydrogens (tertiary/aromatic N) is 1. The quantitative estimate of drug-likeness (QED) is 0.756. The van der Waals surface area contributed by atoms with Crippen LogP contribution in [-0.2, 0) is 9.84 Å². The number of nitrogens with one attached hydrogen (secondary N) is 1. The molecule has 2 aromatic carbocycles. The summed E-state index contributed by atoms with van der Waals surface area (Å²) in [5.74, 6) is -0.332. The van der Waals surface area contributed by atoms with E-state index in [1.54, 1.807) is 17.5 Å². The molecule has 7 heteroatoms. The average molecular weight is 372 g/mol. The van der Waals surface area contributed by atoms with Crippen molar-refractivity contribution >= 4 is 32.8 Å². The Labute approximate surface area is 150 Å². The Bertz CT molecular complexity index is 1010. The third kappa shape index (κ3) is 4.12. The summed E-state index contributed by atoms with van der Waals surface area (Å²) >= 11 is 1.40. The Morgan fingerprint density at radius 2 is 1.68 bits per heavy atom. The van der Waals surface area contributed by atoms with Gasteiger partial charge in [-0.05, 0) is 31.2 Å². The number of carbonyl (C=O) groups is 1. The van der Waals surface area contributed by atoms with Crippen molar-refractivity contribution in [2.24, 2.45) is 0 Å². The molecule has 0 radical (unpaired) electrons. The van der Waals surface area contributed by atoms with Crippen LogP contribution in [0, 0.1) is 6.92 Å². The summed E-state index contributed by atoms with van der Waals surface area (Å²) < 4.78 is 22.9. The van der Waals surface area contributed by atoms with E-state index in [2.05, 4.69) is 10.3 Å². The number of aromatic nitrogens is 1. The van der Waals surface area contributed by atoms with Crippen molar-refractivity contribution in [3.8, 4) is 10.6 Å². The molecule has 0 unspecified atom stereocenters. The number of amides is 1. The molecule has 5 nitrogen and oxygen atoms in total. The van der Waals surface area contributed by atoms with E-state index in [4.69, 9.17) is 0 Å². The van der Waals surface area contributed by atoms with E-state index < -0.39 is 9.84 Å². The summed E-state index contributed by atoms with van der Waals surface area (Å²) in [5, 5.41) is 5.20. The number of hydrogen-bond acceptors (Lipinski definition) is 5. The first-order valence-electron chi connectivity index (χ1n) is 7.47. The number of anilines is 1. The molecule has 25 heavy (non-hydrogen) atoms. The third-order valence-corrected chi connectivity index (χ3v) is 5.60. The van der Waals surface area contributed by atoms with Gasteiger partial charge in [-0.2, -0.15) is 0 Å². The van der Waals surface area contributed by atoms with Gasteiger partial charge in [0, 0.05) is 22.9 Å². The van der Waals surface area contributed by atoms with Gasteiger partial charge in [-0.3, -0.25) is 4.79 Å². The molecular formula is C18H16N2O3S2. The fourth-order valence-electron chi connectivity index (χ4n) is 2.19. The summed E-state index contributed by atoms with van der Waals surface area (Å²) in [5.41, 5.74) is 2.97. The van der Waals surface area contributed by atoms with E-state index in [-0.39, 0.29) is 10.8 Å². The molecule has 0 aliphatic carbocycles. The molecule has 0 saturated carbocycles. The first-order chi connectivity index (χ1) is 11.8. The molecule has 1 amide bonds. The summed E-state index contributed by atoms with van der Waals surface area (Å²) in [6, 6.07) is 14.0. The SMILES string of the molecule is Cc1ccc(-c2nc(C(=O)Nc3ccc(S(C)(=O)=O)cc3)cs2)cc1. The highest BCUT2D eigenvalue weighted by Crippen LogP contribution is 2.24. The van der Waals surface area contributed by atoms with Crippen LogP contribution in [0.5, 0.6) is 0 Å². The third-order valence-electron chi connectivity index (χ3n) is 3.58. The Morgan fingerprint density at radius 3 is 2.28 bits per heavy atom. The highest BCUT2D eigenvalue weighted by molar-refractivity contribution is 7.90. The Balaban J connectivity index is 1.75. The van der Waals surface area contributed by atoms with Crippen LogP contribution in [-0.4, -0.2) is 25.6 Å². The topological polar surface area (TPSA) is 76.1 Å². The van der Waals surface area contributed by atoms with Gasteiger partial charge in [0.15, 0.2) is 9.84 Å². The van der Waals surface area contributed by atoms with Crippen LogP contribution < -0.4 is 5.32 Å². The number of hydrogen-bond donors (Lipinski definition) is 1. The van der Waals surface area contributed by atoms with Crippen LogP contribution in [0.2, 0.25) is 0 Å². The number of rotatable bonds is 4. The van der Waals surface area contributed by atoms with Crippen LogP contribution in [0.3, 0.4) is 0 Å². The van der Waals surface area contributed by atoms with Crippen molar-refractivity contribution < 1.29 is 13.2 Å². The Kier molecular flexibility index (Phi) is 4.69. The van der Waals surface area contributed by atoms with Crippen molar-refractivity contribution in [1.82, 2.24) is 4.98 Å². The zero-order valence-electron chi connectivity index (χ0n) is 13.7. The number of benzene rings is 2. The predicted octanol–water partition coefficient (Wildman–Crippen LogP) is 3.77. The highest BCUT2D eigenvalue weighted by atomic mass is 32.2.